The smallest absolute Gasteiger partial charge is 0.436 e. The third-order valence-electron chi connectivity index (χ3n) is 3.13. The average molecular weight is 364 g/mol. The number of anilines is 1. The van der Waals surface area contributed by atoms with Gasteiger partial charge in [0.05, 0.1) is 19.9 Å². The van der Waals surface area contributed by atoms with Gasteiger partial charge < -0.3 is 14.8 Å². The Morgan fingerprint density at radius 2 is 1.96 bits per heavy atom. The second kappa shape index (κ2) is 6.60. The van der Waals surface area contributed by atoms with Crippen LogP contribution in [0.1, 0.15) is 16.1 Å². The number of aryl methyl sites for hydroxylation is 1. The van der Waals surface area contributed by atoms with E-state index in [1.807, 2.05) is 0 Å². The molecule has 10 heteroatoms. The fourth-order valence-electron chi connectivity index (χ4n) is 2.00. The molecular weight excluding hydrogens is 351 g/mol. The first-order chi connectivity index (χ1) is 11.2. The zero-order chi connectivity index (χ0) is 18.1. The molecule has 0 fully saturated rings. The molecule has 6 nitrogen and oxygen atoms in total. The van der Waals surface area contributed by atoms with Crippen LogP contribution in [0.3, 0.4) is 0 Å². The molecule has 0 saturated heterocycles. The lowest BCUT2D eigenvalue weighted by atomic mass is 10.2. The van der Waals surface area contributed by atoms with Crippen LogP contribution in [0.25, 0.3) is 0 Å². The number of hydrogen-bond acceptors (Lipinski definition) is 4. The number of nitrogens with one attached hydrogen (secondary N) is 1. The maximum absolute atomic E-state index is 13.0. The normalized spacial score (nSPS) is 11.3. The van der Waals surface area contributed by atoms with Gasteiger partial charge in [0.1, 0.15) is 22.2 Å². The molecule has 0 aliphatic heterocycles. The van der Waals surface area contributed by atoms with E-state index in [0.29, 0.717) is 5.75 Å². The van der Waals surface area contributed by atoms with Crippen LogP contribution >= 0.6 is 11.6 Å². The first-order valence-electron chi connectivity index (χ1n) is 6.52. The van der Waals surface area contributed by atoms with E-state index < -0.39 is 28.5 Å². The van der Waals surface area contributed by atoms with Gasteiger partial charge in [-0.05, 0) is 12.1 Å². The highest BCUT2D eigenvalue weighted by molar-refractivity contribution is 6.33. The van der Waals surface area contributed by atoms with Gasteiger partial charge in [0, 0.05) is 13.1 Å². The van der Waals surface area contributed by atoms with Crippen molar-refractivity contribution < 1.29 is 27.4 Å². The van der Waals surface area contributed by atoms with Gasteiger partial charge in [-0.25, -0.2) is 0 Å². The number of ether oxygens (including phenoxy) is 2. The molecule has 0 saturated carbocycles. The summed E-state index contributed by atoms with van der Waals surface area (Å²) in [6, 6.07) is 4.49. The van der Waals surface area contributed by atoms with E-state index in [1.54, 1.807) is 6.07 Å². The van der Waals surface area contributed by atoms with Crippen molar-refractivity contribution in [3.05, 3.63) is 34.6 Å². The molecule has 0 bridgehead atoms. The number of nitrogens with zero attached hydrogens (tertiary/aromatic N) is 2. The van der Waals surface area contributed by atoms with Crippen LogP contribution in [0.5, 0.6) is 11.5 Å². The number of rotatable bonds is 4. The summed E-state index contributed by atoms with van der Waals surface area (Å²) in [7, 11) is 3.98. The molecule has 1 N–H and O–H groups in total. The van der Waals surface area contributed by atoms with E-state index in [1.165, 1.54) is 33.4 Å². The minimum atomic E-state index is -4.82. The molecule has 24 heavy (non-hydrogen) atoms. The predicted molar refractivity (Wildman–Crippen MR) is 80.7 cm³/mol. The molecule has 0 radical (unpaired) electrons. The van der Waals surface area contributed by atoms with Crippen LogP contribution in [0.15, 0.2) is 18.2 Å². The molecule has 2 rings (SSSR count). The maximum atomic E-state index is 13.0. The molecular formula is C14H13ClF3N3O3. The van der Waals surface area contributed by atoms with Crippen molar-refractivity contribution >= 4 is 23.2 Å². The van der Waals surface area contributed by atoms with E-state index >= 15 is 0 Å². The second-order valence-electron chi connectivity index (χ2n) is 4.66. The fourth-order valence-corrected chi connectivity index (χ4v) is 2.21. The standard InChI is InChI=1S/C14H13ClF3N3O3/c1-21-12(15)10(11(20-21)14(16,17)18)13(22)19-8-6-7(23-2)4-5-9(8)24-3/h4-6H,1-3H3,(H,19,22). The summed E-state index contributed by atoms with van der Waals surface area (Å²) in [5.74, 6) is -0.427. The Bertz CT molecular complexity index is 775. The Balaban J connectivity index is 2.45. The summed E-state index contributed by atoms with van der Waals surface area (Å²) >= 11 is 5.80. The van der Waals surface area contributed by atoms with E-state index in [9.17, 15) is 18.0 Å². The van der Waals surface area contributed by atoms with Gasteiger partial charge in [0.2, 0.25) is 0 Å². The first kappa shape index (κ1) is 17.9. The second-order valence-corrected chi connectivity index (χ2v) is 5.01. The summed E-state index contributed by atoms with van der Waals surface area (Å²) in [5, 5.41) is 5.17. The Labute approximate surface area is 140 Å². The summed E-state index contributed by atoms with van der Waals surface area (Å²) in [6.45, 7) is 0. The summed E-state index contributed by atoms with van der Waals surface area (Å²) in [4.78, 5) is 12.3. The molecule has 130 valence electrons. The van der Waals surface area contributed by atoms with Crippen molar-refractivity contribution in [2.45, 2.75) is 6.18 Å². The molecule has 1 aromatic carbocycles. The van der Waals surface area contributed by atoms with Crippen molar-refractivity contribution in [1.82, 2.24) is 9.78 Å². The number of methoxy groups -OCH3 is 2. The monoisotopic (exact) mass is 363 g/mol. The van der Waals surface area contributed by atoms with Gasteiger partial charge in [-0.15, -0.1) is 0 Å². The molecule has 1 heterocycles. The lowest BCUT2D eigenvalue weighted by Gasteiger charge is -2.12. The van der Waals surface area contributed by atoms with Crippen molar-refractivity contribution in [2.24, 2.45) is 7.05 Å². The van der Waals surface area contributed by atoms with E-state index in [0.717, 1.165) is 4.68 Å². The highest BCUT2D eigenvalue weighted by Gasteiger charge is 2.41. The number of amides is 1. The van der Waals surface area contributed by atoms with Crippen LogP contribution in [-0.2, 0) is 13.2 Å². The SMILES string of the molecule is COc1ccc(OC)c(NC(=O)c2c(C(F)(F)F)nn(C)c2Cl)c1. The molecule has 1 amide bonds. The minimum Gasteiger partial charge on any atom is -0.497 e. The van der Waals surface area contributed by atoms with E-state index in [4.69, 9.17) is 21.1 Å². The van der Waals surface area contributed by atoms with Gasteiger partial charge in [-0.1, -0.05) is 11.6 Å². The highest BCUT2D eigenvalue weighted by atomic mass is 35.5. The largest absolute Gasteiger partial charge is 0.497 e. The molecule has 2 aromatic rings. The van der Waals surface area contributed by atoms with Gasteiger partial charge in [-0.3, -0.25) is 9.48 Å². The summed E-state index contributed by atoms with van der Waals surface area (Å²) in [5.41, 5.74) is -2.00. The molecule has 1 aromatic heterocycles. The third-order valence-corrected chi connectivity index (χ3v) is 3.56. The Morgan fingerprint density at radius 1 is 1.29 bits per heavy atom. The van der Waals surface area contributed by atoms with E-state index in [-0.39, 0.29) is 11.4 Å². The number of halogens is 4. The number of aromatic nitrogens is 2. The van der Waals surface area contributed by atoms with Crippen LogP contribution in [0.4, 0.5) is 18.9 Å². The molecule has 0 aliphatic rings. The lowest BCUT2D eigenvalue weighted by molar-refractivity contribution is -0.141. The number of benzene rings is 1. The van der Waals surface area contributed by atoms with Crippen molar-refractivity contribution in [3.63, 3.8) is 0 Å². The Kier molecular flexibility index (Phi) is 4.93. The number of alkyl halides is 3. The Hall–Kier alpha value is -2.42. The molecule has 0 unspecified atom stereocenters. The quantitative estimate of drug-likeness (QED) is 0.904. The van der Waals surface area contributed by atoms with Crippen LogP contribution in [0, 0.1) is 0 Å². The van der Waals surface area contributed by atoms with Crippen molar-refractivity contribution in [3.8, 4) is 11.5 Å². The Morgan fingerprint density at radius 3 is 2.50 bits per heavy atom. The summed E-state index contributed by atoms with van der Waals surface area (Å²) in [6.07, 6.45) is -4.82. The van der Waals surface area contributed by atoms with E-state index in [2.05, 4.69) is 10.4 Å². The first-order valence-corrected chi connectivity index (χ1v) is 6.90. The molecule has 0 aliphatic carbocycles. The topological polar surface area (TPSA) is 65.4 Å². The van der Waals surface area contributed by atoms with Gasteiger partial charge >= 0.3 is 6.18 Å². The fraction of sp³-hybridized carbons (Fsp3) is 0.286. The zero-order valence-electron chi connectivity index (χ0n) is 12.9. The zero-order valence-corrected chi connectivity index (χ0v) is 13.6. The molecule has 0 spiro atoms. The average Bonchev–Trinajstić information content (AvgIpc) is 2.83. The lowest BCUT2D eigenvalue weighted by Crippen LogP contribution is -2.18. The van der Waals surface area contributed by atoms with Gasteiger partial charge in [0.25, 0.3) is 5.91 Å². The molecule has 0 atom stereocenters. The minimum absolute atomic E-state index is 0.134. The van der Waals surface area contributed by atoms with Crippen molar-refractivity contribution in [1.29, 1.82) is 0 Å². The van der Waals surface area contributed by atoms with Crippen LogP contribution in [0.2, 0.25) is 5.15 Å². The van der Waals surface area contributed by atoms with Gasteiger partial charge in [0.15, 0.2) is 5.69 Å². The predicted octanol–water partition coefficient (Wildman–Crippen LogP) is 3.36. The number of carbonyl (C=O) groups excluding carboxylic acids is 1. The van der Waals surface area contributed by atoms with Crippen LogP contribution in [-0.4, -0.2) is 29.9 Å². The van der Waals surface area contributed by atoms with Crippen molar-refractivity contribution in [2.75, 3.05) is 19.5 Å². The number of carbonyl (C=O) groups is 1. The number of hydrogen-bond donors (Lipinski definition) is 1. The maximum Gasteiger partial charge on any atom is 0.436 e. The van der Waals surface area contributed by atoms with Gasteiger partial charge in [-0.2, -0.15) is 18.3 Å². The third kappa shape index (κ3) is 3.40. The summed E-state index contributed by atoms with van der Waals surface area (Å²) < 4.78 is 50.0. The highest BCUT2D eigenvalue weighted by Crippen LogP contribution is 2.35. The van der Waals surface area contributed by atoms with Crippen LogP contribution < -0.4 is 14.8 Å².